The maximum atomic E-state index is 11.8. The highest BCUT2D eigenvalue weighted by Crippen LogP contribution is 2.18. The maximum absolute atomic E-state index is 11.8. The number of anilines is 1. The number of amides is 1. The molecule has 2 rings (SSSR count). The summed E-state index contributed by atoms with van der Waals surface area (Å²) < 4.78 is 0.954. The molecule has 17 heavy (non-hydrogen) atoms. The Morgan fingerprint density at radius 2 is 2.53 bits per heavy atom. The Labute approximate surface area is 109 Å². The van der Waals surface area contributed by atoms with E-state index in [9.17, 15) is 4.79 Å². The Morgan fingerprint density at radius 3 is 3.18 bits per heavy atom. The molecule has 0 aliphatic carbocycles. The van der Waals surface area contributed by atoms with E-state index < -0.39 is 0 Å². The summed E-state index contributed by atoms with van der Waals surface area (Å²) in [5.74, 6) is 1.14. The van der Waals surface area contributed by atoms with Crippen molar-refractivity contribution in [1.82, 2.24) is 10.3 Å². The highest BCUT2D eigenvalue weighted by molar-refractivity contribution is 9.10. The summed E-state index contributed by atoms with van der Waals surface area (Å²) in [5, 5.41) is 6.09. The molecule has 0 aromatic carbocycles. The average molecular weight is 298 g/mol. The van der Waals surface area contributed by atoms with E-state index >= 15 is 0 Å². The summed E-state index contributed by atoms with van der Waals surface area (Å²) in [7, 11) is 0. The molecule has 2 N–H and O–H groups in total. The second-order valence-corrected chi connectivity index (χ2v) is 5.28. The predicted octanol–water partition coefficient (Wildman–Crippen LogP) is 2.09. The number of hydrogen-bond donors (Lipinski definition) is 2. The third kappa shape index (κ3) is 3.51. The monoisotopic (exact) mass is 297 g/mol. The molecule has 1 aromatic heterocycles. The molecule has 1 aliphatic rings. The Hall–Kier alpha value is -0.940. The van der Waals surface area contributed by atoms with Crippen LogP contribution < -0.4 is 10.6 Å². The van der Waals surface area contributed by atoms with Gasteiger partial charge in [0.1, 0.15) is 5.82 Å². The lowest BCUT2D eigenvalue weighted by atomic mass is 10.0. The fourth-order valence-electron chi connectivity index (χ4n) is 1.95. The molecular weight excluding hydrogens is 282 g/mol. The molecule has 0 bridgehead atoms. The minimum absolute atomic E-state index is 0.0490. The fraction of sp³-hybridized carbons (Fsp3) is 0.500. The van der Waals surface area contributed by atoms with Crippen LogP contribution in [-0.2, 0) is 4.79 Å². The third-order valence-electron chi connectivity index (χ3n) is 2.95. The molecule has 2 heterocycles. The first-order chi connectivity index (χ1) is 8.15. The third-order valence-corrected chi connectivity index (χ3v) is 3.78. The van der Waals surface area contributed by atoms with E-state index in [0.29, 0.717) is 18.2 Å². The molecule has 0 radical (unpaired) electrons. The topological polar surface area (TPSA) is 54.0 Å². The lowest BCUT2D eigenvalue weighted by molar-refractivity contribution is -0.117. The molecule has 1 unspecified atom stereocenters. The van der Waals surface area contributed by atoms with Gasteiger partial charge >= 0.3 is 0 Å². The van der Waals surface area contributed by atoms with E-state index in [2.05, 4.69) is 31.5 Å². The van der Waals surface area contributed by atoms with Gasteiger partial charge in [0.25, 0.3) is 0 Å². The average Bonchev–Trinajstić information content (AvgIpc) is 2.76. The van der Waals surface area contributed by atoms with Crippen molar-refractivity contribution in [3.63, 3.8) is 0 Å². The van der Waals surface area contributed by atoms with Crippen molar-refractivity contribution < 1.29 is 4.79 Å². The summed E-state index contributed by atoms with van der Waals surface area (Å²) in [4.78, 5) is 15.9. The van der Waals surface area contributed by atoms with E-state index in [1.54, 1.807) is 6.20 Å². The number of aromatic nitrogens is 1. The van der Waals surface area contributed by atoms with Gasteiger partial charge in [0.05, 0.1) is 0 Å². The van der Waals surface area contributed by atoms with Gasteiger partial charge in [-0.25, -0.2) is 4.98 Å². The van der Waals surface area contributed by atoms with Crippen molar-refractivity contribution in [1.29, 1.82) is 0 Å². The van der Waals surface area contributed by atoms with E-state index in [0.717, 1.165) is 29.5 Å². The van der Waals surface area contributed by atoms with Crippen LogP contribution in [-0.4, -0.2) is 24.0 Å². The first-order valence-electron chi connectivity index (χ1n) is 5.78. The van der Waals surface area contributed by atoms with Crippen LogP contribution in [0.25, 0.3) is 0 Å². The van der Waals surface area contributed by atoms with Gasteiger partial charge in [-0.15, -0.1) is 0 Å². The van der Waals surface area contributed by atoms with Crippen LogP contribution in [0.3, 0.4) is 0 Å². The van der Waals surface area contributed by atoms with Crippen LogP contribution in [0.1, 0.15) is 18.4 Å². The lowest BCUT2D eigenvalue weighted by Gasteiger charge is -2.09. The van der Waals surface area contributed by atoms with Gasteiger partial charge in [0, 0.05) is 17.1 Å². The molecule has 1 atom stereocenters. The molecule has 1 amide bonds. The molecule has 1 saturated heterocycles. The number of aryl methyl sites for hydroxylation is 1. The van der Waals surface area contributed by atoms with Crippen LogP contribution in [0.4, 0.5) is 5.82 Å². The van der Waals surface area contributed by atoms with Crippen molar-refractivity contribution in [2.45, 2.75) is 19.8 Å². The van der Waals surface area contributed by atoms with Gasteiger partial charge in [-0.3, -0.25) is 4.79 Å². The lowest BCUT2D eigenvalue weighted by Crippen LogP contribution is -2.18. The Balaban J connectivity index is 1.90. The van der Waals surface area contributed by atoms with Crippen LogP contribution in [0.5, 0.6) is 0 Å². The molecular formula is C12H16BrN3O. The molecule has 4 nitrogen and oxygen atoms in total. The number of carbonyl (C=O) groups is 1. The van der Waals surface area contributed by atoms with Crippen molar-refractivity contribution in [3.05, 3.63) is 22.3 Å². The van der Waals surface area contributed by atoms with Crippen molar-refractivity contribution in [2.24, 2.45) is 5.92 Å². The second kappa shape index (κ2) is 5.60. The first-order valence-corrected chi connectivity index (χ1v) is 6.57. The molecule has 5 heteroatoms. The fourth-order valence-corrected chi connectivity index (χ4v) is 2.17. The normalized spacial score (nSPS) is 19.3. The number of halogens is 1. The van der Waals surface area contributed by atoms with Crippen LogP contribution in [0, 0.1) is 12.8 Å². The zero-order valence-corrected chi connectivity index (χ0v) is 11.4. The summed E-state index contributed by atoms with van der Waals surface area (Å²) in [6.45, 7) is 3.94. The van der Waals surface area contributed by atoms with Gasteiger partial charge < -0.3 is 10.6 Å². The Morgan fingerprint density at radius 1 is 1.71 bits per heavy atom. The minimum Gasteiger partial charge on any atom is -0.316 e. The number of hydrogen-bond acceptors (Lipinski definition) is 3. The quantitative estimate of drug-likeness (QED) is 0.898. The van der Waals surface area contributed by atoms with Crippen molar-refractivity contribution in [2.75, 3.05) is 18.4 Å². The summed E-state index contributed by atoms with van der Waals surface area (Å²) in [6.07, 6.45) is 3.37. The minimum atomic E-state index is 0.0490. The van der Waals surface area contributed by atoms with Crippen molar-refractivity contribution >= 4 is 27.7 Å². The molecule has 92 valence electrons. The highest BCUT2D eigenvalue weighted by Gasteiger charge is 2.18. The molecule has 0 spiro atoms. The largest absolute Gasteiger partial charge is 0.316 e. The van der Waals surface area contributed by atoms with E-state index in [1.165, 1.54) is 0 Å². The molecule has 0 saturated carbocycles. The number of nitrogens with zero attached hydrogens (tertiary/aromatic N) is 1. The van der Waals surface area contributed by atoms with Gasteiger partial charge in [0.2, 0.25) is 5.91 Å². The van der Waals surface area contributed by atoms with Gasteiger partial charge in [-0.1, -0.05) is 0 Å². The van der Waals surface area contributed by atoms with Crippen LogP contribution in [0.15, 0.2) is 16.7 Å². The Kier molecular flexibility index (Phi) is 4.12. The molecule has 1 aromatic rings. The molecule has 1 aliphatic heterocycles. The second-order valence-electron chi connectivity index (χ2n) is 4.43. The zero-order chi connectivity index (χ0) is 12.3. The number of nitrogens with one attached hydrogen (secondary N) is 2. The van der Waals surface area contributed by atoms with Gasteiger partial charge in [-0.05, 0) is 59.9 Å². The molecule has 1 fully saturated rings. The predicted molar refractivity (Wildman–Crippen MR) is 70.9 cm³/mol. The van der Waals surface area contributed by atoms with Crippen LogP contribution >= 0.6 is 15.9 Å². The summed E-state index contributed by atoms with van der Waals surface area (Å²) >= 11 is 3.38. The van der Waals surface area contributed by atoms with Crippen molar-refractivity contribution in [3.8, 4) is 0 Å². The standard InChI is InChI=1S/C12H16BrN3O/c1-8-4-11(15-7-10(8)13)16-12(17)5-9-2-3-14-6-9/h4,7,9,14H,2-3,5-6H2,1H3,(H,15,16,17). The summed E-state index contributed by atoms with van der Waals surface area (Å²) in [5.41, 5.74) is 1.07. The van der Waals surface area contributed by atoms with Gasteiger partial charge in [0.15, 0.2) is 0 Å². The van der Waals surface area contributed by atoms with Crippen LogP contribution in [0.2, 0.25) is 0 Å². The zero-order valence-electron chi connectivity index (χ0n) is 9.79. The Bertz CT molecular complexity index is 416. The number of carbonyl (C=O) groups excluding carboxylic acids is 1. The first kappa shape index (κ1) is 12.5. The maximum Gasteiger partial charge on any atom is 0.225 e. The van der Waals surface area contributed by atoms with E-state index in [1.807, 2.05) is 13.0 Å². The van der Waals surface area contributed by atoms with E-state index in [4.69, 9.17) is 0 Å². The highest BCUT2D eigenvalue weighted by atomic mass is 79.9. The smallest absolute Gasteiger partial charge is 0.225 e. The number of rotatable bonds is 3. The SMILES string of the molecule is Cc1cc(NC(=O)CC2CCNC2)ncc1Br. The summed E-state index contributed by atoms with van der Waals surface area (Å²) in [6, 6.07) is 1.87. The van der Waals surface area contributed by atoms with Gasteiger partial charge in [-0.2, -0.15) is 0 Å². The number of pyridine rings is 1. The van der Waals surface area contributed by atoms with E-state index in [-0.39, 0.29) is 5.91 Å².